The lowest BCUT2D eigenvalue weighted by molar-refractivity contribution is -0.355. The number of hydrogen-bond acceptors (Lipinski definition) is 16. The highest BCUT2D eigenvalue weighted by Gasteiger charge is 2.56. The number of carbonyl (C=O) groups excluding carboxylic acids is 6. The summed E-state index contributed by atoms with van der Waals surface area (Å²) in [6.07, 6.45) is -11.0. The molecule has 0 radical (unpaired) electrons. The minimum atomic E-state index is -1.56. The lowest BCUT2D eigenvalue weighted by atomic mass is 9.86. The standard InChI is InChI=1S/C31H50O16Si/c1-11-22-25(23(14-39-16(2)32)45-30(26(22)41-18(4)34)38-12-13-48(8,9)10)47-31-29(44-21(7)37)28(43-20(6)36)27(42-19(5)35)24(46-31)15-40-17(3)33/h22-31H,11-15H2,1-10H3/t22-,23-,24-,25-,26-,27+,28+,29-,30+,31+/m1/s1. The molecule has 0 spiro atoms. The summed E-state index contributed by atoms with van der Waals surface area (Å²) in [4.78, 5) is 72.7. The van der Waals surface area contributed by atoms with Gasteiger partial charge >= 0.3 is 35.8 Å². The van der Waals surface area contributed by atoms with E-state index in [1.807, 2.05) is 6.92 Å². The largest absolute Gasteiger partial charge is 0.463 e. The average Bonchev–Trinajstić information content (AvgIpc) is 2.93. The highest BCUT2D eigenvalue weighted by Crippen LogP contribution is 2.38. The maximum atomic E-state index is 12.4. The van der Waals surface area contributed by atoms with Gasteiger partial charge in [0.2, 0.25) is 0 Å². The SMILES string of the molecule is CC[C@@H]1[C@@H](O[C@@H]2O[C@H](COC(C)=O)[C@H](OC(C)=O)[C@H](OC(C)=O)[C@H]2OC(C)=O)[C@@H](COC(C)=O)O[C@H](OCC[Si](C)(C)C)[C@@H]1OC(C)=O. The molecule has 2 saturated heterocycles. The van der Waals surface area contributed by atoms with E-state index in [9.17, 15) is 28.8 Å². The van der Waals surface area contributed by atoms with Crippen LogP contribution in [0.4, 0.5) is 0 Å². The van der Waals surface area contributed by atoms with Crippen molar-refractivity contribution >= 4 is 43.9 Å². The summed E-state index contributed by atoms with van der Waals surface area (Å²) in [5, 5.41) is 0. The summed E-state index contributed by atoms with van der Waals surface area (Å²) in [6.45, 7) is 14.8. The maximum absolute atomic E-state index is 12.4. The van der Waals surface area contributed by atoms with Crippen LogP contribution in [-0.2, 0) is 76.1 Å². The third-order valence-electron chi connectivity index (χ3n) is 7.39. The number of hydrogen-bond donors (Lipinski definition) is 0. The summed E-state index contributed by atoms with van der Waals surface area (Å²) in [7, 11) is -1.53. The Bertz CT molecular complexity index is 1140. The van der Waals surface area contributed by atoms with E-state index in [1.165, 1.54) is 13.8 Å². The Morgan fingerprint density at radius 2 is 1.00 bits per heavy atom. The Kier molecular flexibility index (Phi) is 15.9. The van der Waals surface area contributed by atoms with Gasteiger partial charge in [0.1, 0.15) is 25.4 Å². The van der Waals surface area contributed by atoms with Gasteiger partial charge in [0.25, 0.3) is 0 Å². The first-order chi connectivity index (χ1) is 22.3. The van der Waals surface area contributed by atoms with Gasteiger partial charge < -0.3 is 47.4 Å². The van der Waals surface area contributed by atoms with E-state index >= 15 is 0 Å². The molecule has 0 amide bonds. The molecule has 48 heavy (non-hydrogen) atoms. The monoisotopic (exact) mass is 706 g/mol. The van der Waals surface area contributed by atoms with Gasteiger partial charge in [0.15, 0.2) is 37.0 Å². The van der Waals surface area contributed by atoms with Crippen LogP contribution in [0.1, 0.15) is 54.9 Å². The van der Waals surface area contributed by atoms with Crippen LogP contribution in [0.15, 0.2) is 0 Å². The molecule has 2 aliphatic rings. The Balaban J connectivity index is 2.62. The second-order valence-corrected chi connectivity index (χ2v) is 18.5. The molecule has 0 aromatic heterocycles. The first-order valence-corrected chi connectivity index (χ1v) is 19.6. The number of ether oxygens (including phenoxy) is 10. The average molecular weight is 707 g/mol. The van der Waals surface area contributed by atoms with Crippen molar-refractivity contribution in [2.75, 3.05) is 19.8 Å². The zero-order valence-electron chi connectivity index (χ0n) is 29.3. The third kappa shape index (κ3) is 13.1. The highest BCUT2D eigenvalue weighted by molar-refractivity contribution is 6.76. The van der Waals surface area contributed by atoms with Gasteiger partial charge in [-0.1, -0.05) is 26.6 Å². The Morgan fingerprint density at radius 3 is 1.46 bits per heavy atom. The molecule has 0 saturated carbocycles. The topological polar surface area (TPSA) is 195 Å². The fraction of sp³-hybridized carbons (Fsp3) is 0.806. The molecular formula is C31H50O16Si. The van der Waals surface area contributed by atoms with Crippen molar-refractivity contribution in [2.24, 2.45) is 5.92 Å². The summed E-state index contributed by atoms with van der Waals surface area (Å²) in [5.74, 6) is -4.96. The second kappa shape index (κ2) is 18.6. The van der Waals surface area contributed by atoms with Gasteiger partial charge in [-0.2, -0.15) is 0 Å². The van der Waals surface area contributed by atoms with Crippen molar-refractivity contribution in [3.63, 3.8) is 0 Å². The molecule has 0 unspecified atom stereocenters. The minimum Gasteiger partial charge on any atom is -0.463 e. The third-order valence-corrected chi connectivity index (χ3v) is 9.09. The summed E-state index contributed by atoms with van der Waals surface area (Å²) in [6, 6.07) is 0.787. The van der Waals surface area contributed by atoms with Crippen LogP contribution in [0.25, 0.3) is 0 Å². The summed E-state index contributed by atoms with van der Waals surface area (Å²) in [5.41, 5.74) is 0. The minimum absolute atomic E-state index is 0.303. The van der Waals surface area contributed by atoms with E-state index < -0.39 is 112 Å². The molecule has 2 fully saturated rings. The number of esters is 6. The van der Waals surface area contributed by atoms with Crippen LogP contribution >= 0.6 is 0 Å². The lowest BCUT2D eigenvalue weighted by Gasteiger charge is -2.49. The quantitative estimate of drug-likeness (QED) is 0.136. The van der Waals surface area contributed by atoms with Gasteiger partial charge in [0.05, 0.1) is 6.10 Å². The Morgan fingerprint density at radius 1 is 0.562 bits per heavy atom. The maximum Gasteiger partial charge on any atom is 0.303 e. The van der Waals surface area contributed by atoms with Gasteiger partial charge in [0, 0.05) is 62.1 Å². The van der Waals surface area contributed by atoms with Gasteiger partial charge in [-0.05, 0) is 12.5 Å². The van der Waals surface area contributed by atoms with Crippen molar-refractivity contribution in [2.45, 2.75) is 136 Å². The molecule has 2 rings (SSSR count). The molecule has 274 valence electrons. The Labute approximate surface area is 281 Å². The van der Waals surface area contributed by atoms with Gasteiger partial charge in [-0.25, -0.2) is 0 Å². The first-order valence-electron chi connectivity index (χ1n) is 15.9. The van der Waals surface area contributed by atoms with E-state index in [-0.39, 0.29) is 6.61 Å². The molecule has 17 heteroatoms. The van der Waals surface area contributed by atoms with Crippen LogP contribution in [0.3, 0.4) is 0 Å². The normalized spacial score (nSPS) is 30.4. The highest BCUT2D eigenvalue weighted by atomic mass is 28.3. The molecule has 0 N–H and O–H groups in total. The zero-order chi connectivity index (χ0) is 36.3. The van der Waals surface area contributed by atoms with E-state index in [1.54, 1.807) is 0 Å². The first kappa shape index (κ1) is 41.0. The fourth-order valence-corrected chi connectivity index (χ4v) is 6.11. The molecule has 2 heterocycles. The smallest absolute Gasteiger partial charge is 0.303 e. The predicted molar refractivity (Wildman–Crippen MR) is 166 cm³/mol. The summed E-state index contributed by atoms with van der Waals surface area (Å²) >= 11 is 0. The van der Waals surface area contributed by atoms with Crippen LogP contribution in [0.2, 0.25) is 25.7 Å². The molecule has 0 aromatic carbocycles. The van der Waals surface area contributed by atoms with Gasteiger partial charge in [-0.3, -0.25) is 28.8 Å². The van der Waals surface area contributed by atoms with Crippen molar-refractivity contribution in [3.05, 3.63) is 0 Å². The van der Waals surface area contributed by atoms with Crippen LogP contribution in [0, 0.1) is 5.92 Å². The summed E-state index contributed by atoms with van der Waals surface area (Å²) < 4.78 is 57.7. The van der Waals surface area contributed by atoms with E-state index in [2.05, 4.69) is 19.6 Å². The van der Waals surface area contributed by atoms with Crippen molar-refractivity contribution in [1.29, 1.82) is 0 Å². The van der Waals surface area contributed by atoms with Crippen molar-refractivity contribution < 1.29 is 76.1 Å². The van der Waals surface area contributed by atoms with Crippen molar-refractivity contribution in [3.8, 4) is 0 Å². The molecule has 2 aliphatic heterocycles. The van der Waals surface area contributed by atoms with Crippen LogP contribution in [-0.4, -0.2) is 119 Å². The molecular weight excluding hydrogens is 656 g/mol. The van der Waals surface area contributed by atoms with E-state index in [0.29, 0.717) is 13.0 Å². The lowest BCUT2D eigenvalue weighted by Crippen LogP contribution is -2.65. The number of carbonyl (C=O) groups is 6. The van der Waals surface area contributed by atoms with Gasteiger partial charge in [-0.15, -0.1) is 0 Å². The molecule has 0 aliphatic carbocycles. The van der Waals surface area contributed by atoms with Crippen molar-refractivity contribution in [1.82, 2.24) is 0 Å². The molecule has 10 atom stereocenters. The Hall–Kier alpha value is -3.12. The second-order valence-electron chi connectivity index (χ2n) is 12.8. The molecule has 0 bridgehead atoms. The van der Waals surface area contributed by atoms with Crippen LogP contribution in [0.5, 0.6) is 0 Å². The van der Waals surface area contributed by atoms with E-state index in [0.717, 1.165) is 33.7 Å². The van der Waals surface area contributed by atoms with E-state index in [4.69, 9.17) is 47.4 Å². The molecule has 0 aromatic rings. The molecule has 16 nitrogen and oxygen atoms in total. The zero-order valence-corrected chi connectivity index (χ0v) is 30.3. The fourth-order valence-electron chi connectivity index (χ4n) is 5.38. The van der Waals surface area contributed by atoms with Crippen LogP contribution < -0.4 is 0 Å². The predicted octanol–water partition coefficient (Wildman–Crippen LogP) is 2.06. The number of rotatable bonds is 15.